The highest BCUT2D eigenvalue weighted by molar-refractivity contribution is 8.00. The Morgan fingerprint density at radius 3 is 1.19 bits per heavy atom. The zero-order valence-corrected chi connectivity index (χ0v) is 84.6. The molecule has 134 heavy (non-hydrogen) atoms. The number of carbonyl (C=O) groups is 4. The summed E-state index contributed by atoms with van der Waals surface area (Å²) in [6.07, 6.45) is 17.8. The maximum absolute atomic E-state index is 14.1. The zero-order chi connectivity index (χ0) is 95.9. The first-order chi connectivity index (χ1) is 63.0. The van der Waals surface area contributed by atoms with E-state index in [0.29, 0.717) is 63.4 Å². The number of methoxy groups -OCH3 is 3. The van der Waals surface area contributed by atoms with Crippen molar-refractivity contribution in [2.75, 3.05) is 21.3 Å². The molecule has 3 aromatic rings. The monoisotopic (exact) mass is 1920 g/mol. The van der Waals surface area contributed by atoms with Gasteiger partial charge in [-0.3, -0.25) is 14.4 Å². The third kappa shape index (κ3) is 18.6. The van der Waals surface area contributed by atoms with Crippen LogP contribution in [0.3, 0.4) is 0 Å². The minimum atomic E-state index is -1.29. The van der Waals surface area contributed by atoms with Crippen molar-refractivity contribution < 1.29 is 102 Å². The van der Waals surface area contributed by atoms with Crippen molar-refractivity contribution in [2.45, 2.75) is 399 Å². The van der Waals surface area contributed by atoms with Gasteiger partial charge in [0.05, 0.1) is 93.6 Å². The van der Waals surface area contributed by atoms with Crippen molar-refractivity contribution in [3.63, 3.8) is 0 Å². The Labute approximate surface area is 810 Å². The molecule has 0 spiro atoms. The highest BCUT2D eigenvalue weighted by Crippen LogP contribution is 2.73. The van der Waals surface area contributed by atoms with Gasteiger partial charge in [0.1, 0.15) is 35.7 Å². The Morgan fingerprint density at radius 2 is 0.791 bits per heavy atom. The van der Waals surface area contributed by atoms with Crippen LogP contribution in [0.25, 0.3) is 0 Å². The molecular weight excluding hydrogens is 1760 g/mol. The molecule has 24 heteroatoms. The molecule has 39 atom stereocenters. The summed E-state index contributed by atoms with van der Waals surface area (Å²) in [5.41, 5.74) is -1.29. The summed E-state index contributed by atoms with van der Waals surface area (Å²) in [6.45, 7) is 31.4. The van der Waals surface area contributed by atoms with Gasteiger partial charge in [-0.2, -0.15) is 0 Å². The quantitative estimate of drug-likeness (QED) is 0.0354. The predicted octanol–water partition coefficient (Wildman–Crippen LogP) is 19.4. The lowest BCUT2D eigenvalue weighted by molar-refractivity contribution is -0.262. The second-order valence-corrected chi connectivity index (χ2v) is 47.9. The molecule has 9 saturated carbocycles. The molecule has 3 heterocycles. The van der Waals surface area contributed by atoms with Gasteiger partial charge in [0.25, 0.3) is 0 Å². The molecular formula is C110H159FO20S3. The van der Waals surface area contributed by atoms with E-state index in [-0.39, 0.29) is 177 Å². The fourth-order valence-corrected chi connectivity index (χ4v) is 33.5. The number of ether oxygens (including phenoxy) is 9. The number of thioether (sulfide) groups is 3. The van der Waals surface area contributed by atoms with Crippen LogP contribution in [0.5, 0.6) is 0 Å². The van der Waals surface area contributed by atoms with Crippen LogP contribution in [0.2, 0.25) is 0 Å². The number of hydrogen-bond donors (Lipinski definition) is 7. The van der Waals surface area contributed by atoms with Crippen molar-refractivity contribution in [3.05, 3.63) is 138 Å². The summed E-state index contributed by atoms with van der Waals surface area (Å²) in [5.74, 6) is 0.0113. The molecule has 15 aliphatic rings. The van der Waals surface area contributed by atoms with E-state index >= 15 is 0 Å². The maximum atomic E-state index is 14.1. The molecule has 18 rings (SSSR count). The number of halogens is 1. The highest BCUT2D eigenvalue weighted by atomic mass is 32.2. The van der Waals surface area contributed by atoms with E-state index in [2.05, 4.69) is 77.1 Å². The molecule has 30 unspecified atom stereocenters. The first kappa shape index (κ1) is 105. The van der Waals surface area contributed by atoms with Crippen LogP contribution in [0.1, 0.15) is 253 Å². The number of allylic oxidation sites excluding steroid dienone is 4. The molecule has 12 aliphatic carbocycles. The number of Topliss-reactive ketones (excluding diaryl/α,β-unsaturated/α-hetero) is 3. The Bertz CT molecular complexity index is 4710. The second-order valence-electron chi connectivity index (χ2n) is 44.1. The Kier molecular flexibility index (Phi) is 32.6. The van der Waals surface area contributed by atoms with Gasteiger partial charge in [0, 0.05) is 87.4 Å². The largest absolute Gasteiger partial charge is 0.458 e. The Balaban J connectivity index is 0.000000152. The first-order valence-electron chi connectivity index (χ1n) is 50.0. The fraction of sp³-hybridized carbons (Fsp3) is 0.727. The zero-order valence-electron chi connectivity index (χ0n) is 82.2. The summed E-state index contributed by atoms with van der Waals surface area (Å²) in [7, 11) is 5.07. The molecule has 7 N–H and O–H groups in total. The molecule has 0 radical (unpaired) electrons. The number of benzene rings is 3. The molecule has 20 nitrogen and oxygen atoms in total. The van der Waals surface area contributed by atoms with E-state index in [1.54, 1.807) is 78.6 Å². The molecule has 744 valence electrons. The first-order valence-corrected chi connectivity index (χ1v) is 52.6. The van der Waals surface area contributed by atoms with Crippen LogP contribution in [0.4, 0.5) is 4.39 Å². The van der Waals surface area contributed by atoms with E-state index in [1.807, 2.05) is 115 Å². The molecule has 12 fully saturated rings. The summed E-state index contributed by atoms with van der Waals surface area (Å²) in [6, 6.07) is 30.3. The number of carbonyl (C=O) groups excluding carboxylic acids is 4. The van der Waals surface area contributed by atoms with E-state index in [1.165, 1.54) is 33.4 Å². The highest BCUT2D eigenvalue weighted by Gasteiger charge is 2.75. The van der Waals surface area contributed by atoms with Gasteiger partial charge in [0.2, 0.25) is 6.36 Å². The second kappa shape index (κ2) is 41.4. The SMILES string of the molecule is C.C/C=C(\C)C(=O)OC1CC2C(CC=C3CC(OC4OC(C)C(O)C(OC)C4Sc4ccccc4)CC[C@@]32C)C2(O)CCC(C(C)=O)[C@@]12C.CC(=O)C1CC[C@]2(O)C3CC=C4C[C@@H](O)CC[C@]4(C)C3C[C@@H](O)[C@]12C.COC1C(C)C(C)OC(F)C1Sc1ccccc1.COC1C(C)C(C)OC(OC2CC[C@@]3(C)C(=CCC4C3CC(O)[C@]3(C)C(C(C)=O)CCC43O)C2)C1Sc1ccccc1. The minimum Gasteiger partial charge on any atom is -0.458 e. The number of fused-ring (bicyclic) bond motifs is 15. The standard InChI is InChI=1S/C39H54O8S.C35H50O6S.C21H32O4.C14H19FO2S.CH4/c1-8-22(2)35(42)47-31-21-30-29(39(43)19-17-28(23(3)40)38(31,39)6)15-14-25-20-26(16-18-37(25,30)5)46-36-34(48-27-12-10-9-11-13-27)33(44-7)32(41)24(4)45-36;1-20-22(3)40-32(31(30(20)39-6)42-25-10-8-7-9-11-25)41-24-14-16-33(4)23(18-24)12-13-27-28(33)19-29(37)34(5)26(21(2)36)15-17-35(27,34)38;1-12(22)15-7-9-21(25)16-5-4-13-10-14(23)6-8-19(13,2)17(16)11-18(24)20(15,21)3;1-9-10(2)17-14(15)13(12(9)16-3)18-11-7-5-4-6-8-11;/h8-14,24,26,28-34,36,41,43H,15-21H2,1-7H3;7-12,20,22,24,26-32,37-38H,13-19H2,1-6H3;4,14-18,23-25H,5-11H2,1-3H3;4-10,12-14H,1-3H3;1H4/b22-8+;;;;/t24?,26?,28?,29?,30?,31?,32?,33?,34?,36?,37-,38-,39?;20?,22?,24?,26?,27?,28?,29?,30?,31?,32?,33-,34-,35?;14-,15?,16?,17?,18+,19-,20-,21-;;/m000../s1. The molecule has 3 aliphatic heterocycles. The lowest BCUT2D eigenvalue weighted by atomic mass is 9.45. The van der Waals surface area contributed by atoms with Crippen molar-refractivity contribution >= 4 is 58.6 Å². The van der Waals surface area contributed by atoms with Crippen LogP contribution in [0.15, 0.2) is 152 Å². The van der Waals surface area contributed by atoms with Gasteiger partial charge >= 0.3 is 5.97 Å². The number of aliphatic hydroxyl groups excluding tert-OH is 4. The van der Waals surface area contributed by atoms with Crippen LogP contribution in [-0.2, 0) is 61.8 Å². The van der Waals surface area contributed by atoms with Crippen molar-refractivity contribution in [1.29, 1.82) is 0 Å². The van der Waals surface area contributed by atoms with Crippen LogP contribution in [-0.4, -0.2) is 211 Å². The Hall–Kier alpha value is -4.52. The van der Waals surface area contributed by atoms with Gasteiger partial charge in [-0.05, 0) is 278 Å². The summed E-state index contributed by atoms with van der Waals surface area (Å²) < 4.78 is 69.7. The summed E-state index contributed by atoms with van der Waals surface area (Å²) in [5, 5.41) is 80.0. The van der Waals surface area contributed by atoms with Gasteiger partial charge in [-0.25, -0.2) is 9.18 Å². The third-order valence-electron chi connectivity index (χ3n) is 38.2. The van der Waals surface area contributed by atoms with Crippen molar-refractivity contribution in [3.8, 4) is 0 Å². The van der Waals surface area contributed by atoms with Crippen LogP contribution < -0.4 is 0 Å². The number of alkyl halides is 1. The number of esters is 1. The van der Waals surface area contributed by atoms with E-state index in [9.17, 15) is 59.3 Å². The normalized spacial score (nSPS) is 46.2. The summed E-state index contributed by atoms with van der Waals surface area (Å²) >= 11 is 4.87. The van der Waals surface area contributed by atoms with Crippen LogP contribution >= 0.6 is 35.3 Å². The predicted molar refractivity (Wildman–Crippen MR) is 521 cm³/mol. The summed E-state index contributed by atoms with van der Waals surface area (Å²) in [4.78, 5) is 54.3. The fourth-order valence-electron chi connectivity index (χ4n) is 29.5. The lowest BCUT2D eigenvalue weighted by Gasteiger charge is -2.63. The van der Waals surface area contributed by atoms with Gasteiger partial charge in [-0.1, -0.05) is 158 Å². The number of rotatable bonds is 18. The molecule has 3 aromatic carbocycles. The lowest BCUT2D eigenvalue weighted by Crippen LogP contribution is -2.66. The van der Waals surface area contributed by atoms with Gasteiger partial charge in [-0.15, -0.1) is 35.3 Å². The van der Waals surface area contributed by atoms with E-state index < -0.39 is 82.3 Å². The van der Waals surface area contributed by atoms with Crippen LogP contribution in [0, 0.1) is 97.6 Å². The average molecular weight is 1920 g/mol. The molecule has 0 bridgehead atoms. The Morgan fingerprint density at radius 1 is 0.440 bits per heavy atom. The number of hydrogen-bond acceptors (Lipinski definition) is 23. The average Bonchev–Trinajstić information content (AvgIpc) is 1.52. The smallest absolute Gasteiger partial charge is 0.333 e. The third-order valence-corrected chi connectivity index (χ3v) is 42.1. The van der Waals surface area contributed by atoms with E-state index in [4.69, 9.17) is 42.6 Å². The molecule has 0 aromatic heterocycles. The van der Waals surface area contributed by atoms with Gasteiger partial charge < -0.3 is 78.4 Å². The minimum absolute atomic E-state index is 0. The molecule has 0 amide bonds. The topological polar surface area (TPSA) is 293 Å². The van der Waals surface area contributed by atoms with Crippen molar-refractivity contribution in [2.24, 2.45) is 97.6 Å². The maximum Gasteiger partial charge on any atom is 0.333 e. The number of aliphatic hydroxyl groups is 7. The van der Waals surface area contributed by atoms with E-state index in [0.717, 1.165) is 86.8 Å². The van der Waals surface area contributed by atoms with Gasteiger partial charge in [0.15, 0.2) is 12.6 Å². The van der Waals surface area contributed by atoms with Crippen molar-refractivity contribution in [1.82, 2.24) is 0 Å². The number of ketones is 3. The molecule has 3 saturated heterocycles.